The minimum absolute atomic E-state index is 0.130. The van der Waals surface area contributed by atoms with E-state index in [4.69, 9.17) is 16.3 Å². The Kier molecular flexibility index (Phi) is 4.87. The van der Waals surface area contributed by atoms with Crippen LogP contribution in [0, 0.1) is 0 Å². The van der Waals surface area contributed by atoms with Crippen LogP contribution in [0.1, 0.15) is 18.5 Å². The molecule has 3 nitrogen and oxygen atoms in total. The molecule has 1 unspecified atom stereocenters. The van der Waals surface area contributed by atoms with Crippen molar-refractivity contribution < 1.29 is 4.74 Å². The van der Waals surface area contributed by atoms with Crippen molar-refractivity contribution in [1.82, 2.24) is 10.3 Å². The summed E-state index contributed by atoms with van der Waals surface area (Å²) < 4.78 is 5.35. The van der Waals surface area contributed by atoms with Crippen molar-refractivity contribution in [3.8, 4) is 0 Å². The van der Waals surface area contributed by atoms with E-state index in [1.807, 2.05) is 20.0 Å². The molecule has 1 N–H and O–H groups in total. The highest BCUT2D eigenvalue weighted by atomic mass is 35.5. The lowest BCUT2D eigenvalue weighted by Crippen LogP contribution is -2.22. The van der Waals surface area contributed by atoms with Crippen LogP contribution in [0.5, 0.6) is 0 Å². The maximum Gasteiger partial charge on any atom is 0.0661 e. The number of nitrogens with one attached hydrogen (secondary N) is 1. The fourth-order valence-corrected chi connectivity index (χ4v) is 1.48. The SMILES string of the molecule is CCOCC(NC)c1ccncc1Cl. The van der Waals surface area contributed by atoms with Gasteiger partial charge in [0.05, 0.1) is 17.7 Å². The lowest BCUT2D eigenvalue weighted by Gasteiger charge is -2.17. The van der Waals surface area contributed by atoms with Crippen LogP contribution in [0.4, 0.5) is 0 Å². The number of hydrogen-bond acceptors (Lipinski definition) is 3. The van der Waals surface area contributed by atoms with Crippen LogP contribution in [-0.2, 0) is 4.74 Å². The number of ether oxygens (including phenoxy) is 1. The first-order valence-corrected chi connectivity index (χ1v) is 5.01. The molecule has 78 valence electrons. The molecule has 4 heteroatoms. The molecular weight excluding hydrogens is 200 g/mol. The first-order chi connectivity index (χ1) is 6.79. The zero-order valence-corrected chi connectivity index (χ0v) is 9.21. The quantitative estimate of drug-likeness (QED) is 0.815. The molecular formula is C10H15ClN2O. The van der Waals surface area contributed by atoms with E-state index < -0.39 is 0 Å². The molecule has 14 heavy (non-hydrogen) atoms. The zero-order valence-electron chi connectivity index (χ0n) is 8.46. The predicted octanol–water partition coefficient (Wildman–Crippen LogP) is 2.03. The fourth-order valence-electron chi connectivity index (χ4n) is 1.23. The van der Waals surface area contributed by atoms with E-state index in [1.165, 1.54) is 0 Å². The third-order valence-electron chi connectivity index (χ3n) is 2.02. The summed E-state index contributed by atoms with van der Waals surface area (Å²) in [6, 6.07) is 2.04. The van der Waals surface area contributed by atoms with E-state index in [9.17, 15) is 0 Å². The van der Waals surface area contributed by atoms with Gasteiger partial charge >= 0.3 is 0 Å². The van der Waals surface area contributed by atoms with Gasteiger partial charge in [-0.1, -0.05) is 11.6 Å². The molecule has 1 aromatic rings. The van der Waals surface area contributed by atoms with E-state index >= 15 is 0 Å². The summed E-state index contributed by atoms with van der Waals surface area (Å²) in [5.74, 6) is 0. The van der Waals surface area contributed by atoms with Gasteiger partial charge in [0, 0.05) is 19.0 Å². The number of nitrogens with zero attached hydrogens (tertiary/aromatic N) is 1. The molecule has 1 aromatic heterocycles. The Morgan fingerprint density at radius 1 is 1.64 bits per heavy atom. The van der Waals surface area contributed by atoms with Crippen molar-refractivity contribution in [2.24, 2.45) is 0 Å². The molecule has 1 rings (SSSR count). The average Bonchev–Trinajstić information content (AvgIpc) is 2.21. The number of rotatable bonds is 5. The van der Waals surface area contributed by atoms with Gasteiger partial charge < -0.3 is 10.1 Å². The van der Waals surface area contributed by atoms with E-state index in [0.29, 0.717) is 18.2 Å². The van der Waals surface area contributed by atoms with Crippen LogP contribution in [0.15, 0.2) is 18.5 Å². The molecule has 0 aliphatic rings. The topological polar surface area (TPSA) is 34.1 Å². The molecule has 0 spiro atoms. The largest absolute Gasteiger partial charge is 0.380 e. The fraction of sp³-hybridized carbons (Fsp3) is 0.500. The Balaban J connectivity index is 2.73. The molecule has 0 amide bonds. The Morgan fingerprint density at radius 2 is 2.43 bits per heavy atom. The maximum atomic E-state index is 6.02. The third-order valence-corrected chi connectivity index (χ3v) is 2.33. The third kappa shape index (κ3) is 2.94. The number of hydrogen-bond donors (Lipinski definition) is 1. The number of halogens is 1. The Bertz CT molecular complexity index is 281. The summed E-state index contributed by atoms with van der Waals surface area (Å²) in [6.45, 7) is 3.30. The van der Waals surface area contributed by atoms with Crippen molar-refractivity contribution >= 4 is 11.6 Å². The zero-order chi connectivity index (χ0) is 10.4. The van der Waals surface area contributed by atoms with Crippen LogP contribution in [0.2, 0.25) is 5.02 Å². The lowest BCUT2D eigenvalue weighted by molar-refractivity contribution is 0.125. The highest BCUT2D eigenvalue weighted by Crippen LogP contribution is 2.21. The standard InChI is InChI=1S/C10H15ClN2O/c1-3-14-7-10(12-2)8-4-5-13-6-9(8)11/h4-6,10,12H,3,7H2,1-2H3. The molecule has 0 bridgehead atoms. The molecule has 0 saturated heterocycles. The second-order valence-electron chi connectivity index (χ2n) is 2.90. The number of aromatic nitrogens is 1. The number of likely N-dealkylation sites (N-methyl/N-ethyl adjacent to an activating group) is 1. The first kappa shape index (κ1) is 11.4. The van der Waals surface area contributed by atoms with E-state index in [2.05, 4.69) is 10.3 Å². The van der Waals surface area contributed by atoms with Gasteiger partial charge in [0.1, 0.15) is 0 Å². The first-order valence-electron chi connectivity index (χ1n) is 4.64. The second kappa shape index (κ2) is 5.96. The smallest absolute Gasteiger partial charge is 0.0661 e. The van der Waals surface area contributed by atoms with Gasteiger partial charge in [-0.2, -0.15) is 0 Å². The molecule has 0 aliphatic carbocycles. The summed E-state index contributed by atoms with van der Waals surface area (Å²) in [6.07, 6.45) is 3.38. The molecule has 0 aromatic carbocycles. The monoisotopic (exact) mass is 214 g/mol. The summed E-state index contributed by atoms with van der Waals surface area (Å²) in [4.78, 5) is 3.94. The Morgan fingerprint density at radius 3 is 3.00 bits per heavy atom. The van der Waals surface area contributed by atoms with Gasteiger partial charge in [0.15, 0.2) is 0 Å². The van der Waals surface area contributed by atoms with Crippen LogP contribution in [0.25, 0.3) is 0 Å². The molecule has 1 heterocycles. The highest BCUT2D eigenvalue weighted by molar-refractivity contribution is 6.31. The van der Waals surface area contributed by atoms with E-state index in [0.717, 1.165) is 5.56 Å². The van der Waals surface area contributed by atoms with Gasteiger partial charge in [-0.15, -0.1) is 0 Å². The van der Waals surface area contributed by atoms with Crippen molar-refractivity contribution in [2.45, 2.75) is 13.0 Å². The average molecular weight is 215 g/mol. The normalized spacial score (nSPS) is 12.8. The van der Waals surface area contributed by atoms with Crippen LogP contribution < -0.4 is 5.32 Å². The predicted molar refractivity (Wildman–Crippen MR) is 57.5 cm³/mol. The molecule has 0 aliphatic heterocycles. The minimum atomic E-state index is 0.130. The van der Waals surface area contributed by atoms with Crippen LogP contribution >= 0.6 is 11.6 Å². The van der Waals surface area contributed by atoms with E-state index in [1.54, 1.807) is 12.4 Å². The Labute approximate surface area is 89.4 Å². The maximum absolute atomic E-state index is 6.02. The van der Waals surface area contributed by atoms with Crippen molar-refractivity contribution in [3.63, 3.8) is 0 Å². The molecule has 0 fully saturated rings. The summed E-state index contributed by atoms with van der Waals surface area (Å²) in [7, 11) is 1.89. The number of pyridine rings is 1. The lowest BCUT2D eigenvalue weighted by atomic mass is 10.1. The van der Waals surface area contributed by atoms with Crippen molar-refractivity contribution in [3.05, 3.63) is 29.0 Å². The summed E-state index contributed by atoms with van der Waals surface area (Å²) in [5.41, 5.74) is 1.03. The van der Waals surface area contributed by atoms with Crippen LogP contribution in [0.3, 0.4) is 0 Å². The summed E-state index contributed by atoms with van der Waals surface area (Å²) in [5, 5.41) is 3.83. The second-order valence-corrected chi connectivity index (χ2v) is 3.31. The van der Waals surface area contributed by atoms with Gasteiger partial charge in [-0.05, 0) is 25.6 Å². The van der Waals surface area contributed by atoms with Crippen molar-refractivity contribution in [1.29, 1.82) is 0 Å². The highest BCUT2D eigenvalue weighted by Gasteiger charge is 2.12. The molecule has 0 radical (unpaired) electrons. The van der Waals surface area contributed by atoms with E-state index in [-0.39, 0.29) is 6.04 Å². The van der Waals surface area contributed by atoms with Gasteiger partial charge in [0.2, 0.25) is 0 Å². The summed E-state index contributed by atoms with van der Waals surface area (Å²) >= 11 is 6.02. The van der Waals surface area contributed by atoms with Gasteiger partial charge in [-0.25, -0.2) is 0 Å². The van der Waals surface area contributed by atoms with Crippen LogP contribution in [-0.4, -0.2) is 25.2 Å². The minimum Gasteiger partial charge on any atom is -0.380 e. The van der Waals surface area contributed by atoms with Crippen molar-refractivity contribution in [2.75, 3.05) is 20.3 Å². The molecule has 0 saturated carbocycles. The van der Waals surface area contributed by atoms with Gasteiger partial charge in [-0.3, -0.25) is 4.98 Å². The Hall–Kier alpha value is -0.640. The van der Waals surface area contributed by atoms with Gasteiger partial charge in [0.25, 0.3) is 0 Å². The molecule has 1 atom stereocenters.